The number of rotatable bonds is 2. The number of anilines is 1. The lowest BCUT2D eigenvalue weighted by molar-refractivity contribution is -0.126. The van der Waals surface area contributed by atoms with Crippen molar-refractivity contribution in [2.24, 2.45) is 5.41 Å². The molecule has 1 aromatic rings. The summed E-state index contributed by atoms with van der Waals surface area (Å²) in [7, 11) is 0. The molecule has 1 aliphatic heterocycles. The summed E-state index contributed by atoms with van der Waals surface area (Å²) in [4.78, 5) is 23.1. The van der Waals surface area contributed by atoms with Gasteiger partial charge >= 0.3 is 0 Å². The number of amides is 2. The second-order valence-electron chi connectivity index (χ2n) is 4.56. The molecule has 0 aliphatic carbocycles. The molecular weight excluding hydrogens is 242 g/mol. The number of nitrogens with one attached hydrogen (secondary N) is 2. The molecule has 0 saturated carbocycles. The van der Waals surface area contributed by atoms with Crippen LogP contribution in [0.1, 0.15) is 13.3 Å². The fourth-order valence-corrected chi connectivity index (χ4v) is 1.82. The minimum atomic E-state index is -0.980. The van der Waals surface area contributed by atoms with Crippen LogP contribution in [0.15, 0.2) is 18.2 Å². The Kier molecular flexibility index (Phi) is 3.02. The third-order valence-electron chi connectivity index (χ3n) is 2.98. The van der Waals surface area contributed by atoms with Gasteiger partial charge in [0.25, 0.3) is 0 Å². The predicted octanol–water partition coefficient (Wildman–Crippen LogP) is 1.43. The second kappa shape index (κ2) is 4.36. The highest BCUT2D eigenvalue weighted by atomic mass is 19.1. The quantitative estimate of drug-likeness (QED) is 0.838. The molecule has 0 spiro atoms. The first-order valence-corrected chi connectivity index (χ1v) is 5.44. The van der Waals surface area contributed by atoms with Gasteiger partial charge in [-0.05, 0) is 19.1 Å². The molecule has 96 valence electrons. The van der Waals surface area contributed by atoms with Gasteiger partial charge in [0, 0.05) is 13.0 Å². The Morgan fingerprint density at radius 3 is 2.50 bits per heavy atom. The number of benzene rings is 1. The van der Waals surface area contributed by atoms with Crippen molar-refractivity contribution in [1.82, 2.24) is 5.32 Å². The van der Waals surface area contributed by atoms with Crippen LogP contribution in [0.4, 0.5) is 14.5 Å². The maximum atomic E-state index is 13.4. The molecule has 0 radical (unpaired) electrons. The van der Waals surface area contributed by atoms with Crippen LogP contribution in [0, 0.1) is 17.0 Å². The molecule has 1 fully saturated rings. The fraction of sp³-hybridized carbons (Fsp3) is 0.333. The number of carbonyl (C=O) groups excluding carboxylic acids is 2. The molecule has 0 aromatic heterocycles. The maximum Gasteiger partial charge on any atom is 0.232 e. The van der Waals surface area contributed by atoms with Gasteiger partial charge in [-0.15, -0.1) is 0 Å². The van der Waals surface area contributed by atoms with E-state index in [2.05, 4.69) is 10.6 Å². The largest absolute Gasteiger partial charge is 0.355 e. The van der Waals surface area contributed by atoms with Crippen molar-refractivity contribution >= 4 is 17.5 Å². The third kappa shape index (κ3) is 2.18. The molecule has 0 bridgehead atoms. The summed E-state index contributed by atoms with van der Waals surface area (Å²) in [6.07, 6.45) is 0.00883. The van der Waals surface area contributed by atoms with E-state index < -0.39 is 28.6 Å². The molecule has 1 aliphatic rings. The number of para-hydroxylation sites is 1. The Balaban J connectivity index is 2.19. The highest BCUT2D eigenvalue weighted by Crippen LogP contribution is 2.28. The molecule has 1 saturated heterocycles. The average Bonchev–Trinajstić information content (AvgIpc) is 2.65. The Hall–Kier alpha value is -1.98. The van der Waals surface area contributed by atoms with E-state index in [-0.39, 0.29) is 18.9 Å². The predicted molar refractivity (Wildman–Crippen MR) is 60.7 cm³/mol. The van der Waals surface area contributed by atoms with Crippen molar-refractivity contribution in [3.63, 3.8) is 0 Å². The Morgan fingerprint density at radius 2 is 2.00 bits per heavy atom. The monoisotopic (exact) mass is 254 g/mol. The number of halogens is 2. The number of hydrogen-bond donors (Lipinski definition) is 2. The Morgan fingerprint density at radius 1 is 1.39 bits per heavy atom. The summed E-state index contributed by atoms with van der Waals surface area (Å²) in [5.74, 6) is -2.51. The Labute approximate surface area is 102 Å². The van der Waals surface area contributed by atoms with E-state index in [0.29, 0.717) is 0 Å². The highest BCUT2D eigenvalue weighted by Gasteiger charge is 2.41. The van der Waals surface area contributed by atoms with Crippen molar-refractivity contribution in [2.45, 2.75) is 13.3 Å². The van der Waals surface area contributed by atoms with Gasteiger partial charge in [-0.1, -0.05) is 6.07 Å². The van der Waals surface area contributed by atoms with Crippen molar-refractivity contribution < 1.29 is 18.4 Å². The summed E-state index contributed by atoms with van der Waals surface area (Å²) >= 11 is 0. The molecule has 6 heteroatoms. The van der Waals surface area contributed by atoms with Gasteiger partial charge in [0.1, 0.15) is 17.3 Å². The molecule has 1 aromatic carbocycles. The average molecular weight is 254 g/mol. The third-order valence-corrected chi connectivity index (χ3v) is 2.98. The highest BCUT2D eigenvalue weighted by molar-refractivity contribution is 6.00. The molecule has 2 N–H and O–H groups in total. The van der Waals surface area contributed by atoms with E-state index in [1.54, 1.807) is 6.92 Å². The topological polar surface area (TPSA) is 58.2 Å². The molecule has 1 unspecified atom stereocenters. The lowest BCUT2D eigenvalue weighted by Crippen LogP contribution is -2.35. The van der Waals surface area contributed by atoms with Crippen LogP contribution < -0.4 is 10.6 Å². The molecule has 1 atom stereocenters. The first-order valence-electron chi connectivity index (χ1n) is 5.44. The SMILES string of the molecule is CC1(C(=O)Nc2c(F)cccc2F)CNC(=O)C1. The van der Waals surface area contributed by atoms with Gasteiger partial charge in [0.2, 0.25) is 11.8 Å². The molecule has 1 heterocycles. The van der Waals surface area contributed by atoms with Gasteiger partial charge in [-0.2, -0.15) is 0 Å². The van der Waals surface area contributed by atoms with Crippen molar-refractivity contribution in [3.05, 3.63) is 29.8 Å². The molecule has 2 amide bonds. The van der Waals surface area contributed by atoms with Gasteiger partial charge in [0.05, 0.1) is 5.41 Å². The van der Waals surface area contributed by atoms with E-state index in [1.807, 2.05) is 0 Å². The minimum Gasteiger partial charge on any atom is -0.355 e. The van der Waals surface area contributed by atoms with Crippen LogP contribution in [0.3, 0.4) is 0 Å². The Bertz CT molecular complexity index is 499. The van der Waals surface area contributed by atoms with E-state index in [9.17, 15) is 18.4 Å². The summed E-state index contributed by atoms with van der Waals surface area (Å²) in [6, 6.07) is 3.32. The molecule has 2 rings (SSSR count). The van der Waals surface area contributed by atoms with Crippen LogP contribution in [0.2, 0.25) is 0 Å². The van der Waals surface area contributed by atoms with Crippen LogP contribution >= 0.6 is 0 Å². The van der Waals surface area contributed by atoms with E-state index in [4.69, 9.17) is 0 Å². The molecule has 4 nitrogen and oxygen atoms in total. The summed E-state index contributed by atoms with van der Waals surface area (Å²) in [6.45, 7) is 1.73. The summed E-state index contributed by atoms with van der Waals surface area (Å²) in [5, 5.41) is 4.72. The fourth-order valence-electron chi connectivity index (χ4n) is 1.82. The van der Waals surface area contributed by atoms with Crippen LogP contribution in [0.5, 0.6) is 0 Å². The second-order valence-corrected chi connectivity index (χ2v) is 4.56. The summed E-state index contributed by atoms with van der Waals surface area (Å²) in [5.41, 5.74) is -1.46. The minimum absolute atomic E-state index is 0.00883. The van der Waals surface area contributed by atoms with Crippen molar-refractivity contribution in [2.75, 3.05) is 11.9 Å². The van der Waals surface area contributed by atoms with Crippen LogP contribution in [-0.4, -0.2) is 18.4 Å². The lowest BCUT2D eigenvalue weighted by Gasteiger charge is -2.20. The van der Waals surface area contributed by atoms with Gasteiger partial charge in [-0.25, -0.2) is 8.78 Å². The zero-order chi connectivity index (χ0) is 13.3. The van der Waals surface area contributed by atoms with Gasteiger partial charge in [-0.3, -0.25) is 9.59 Å². The van der Waals surface area contributed by atoms with E-state index in [0.717, 1.165) is 12.1 Å². The molecular formula is C12H12F2N2O2. The van der Waals surface area contributed by atoms with Gasteiger partial charge in [0.15, 0.2) is 0 Å². The molecule has 18 heavy (non-hydrogen) atoms. The first-order chi connectivity index (χ1) is 8.42. The summed E-state index contributed by atoms with van der Waals surface area (Å²) < 4.78 is 26.7. The van der Waals surface area contributed by atoms with Crippen LogP contribution in [-0.2, 0) is 9.59 Å². The number of carbonyl (C=O) groups is 2. The van der Waals surface area contributed by atoms with Gasteiger partial charge < -0.3 is 10.6 Å². The van der Waals surface area contributed by atoms with E-state index in [1.165, 1.54) is 6.07 Å². The smallest absolute Gasteiger partial charge is 0.232 e. The van der Waals surface area contributed by atoms with Crippen LogP contribution in [0.25, 0.3) is 0 Å². The van der Waals surface area contributed by atoms with Crippen molar-refractivity contribution in [1.29, 1.82) is 0 Å². The maximum absolute atomic E-state index is 13.4. The zero-order valence-electron chi connectivity index (χ0n) is 9.72. The van der Waals surface area contributed by atoms with Crippen molar-refractivity contribution in [3.8, 4) is 0 Å². The normalized spacial score (nSPS) is 22.7. The lowest BCUT2D eigenvalue weighted by atomic mass is 9.88. The zero-order valence-corrected chi connectivity index (χ0v) is 9.72. The standard InChI is InChI=1S/C12H12F2N2O2/c1-12(5-9(17)15-6-12)11(18)16-10-7(13)3-2-4-8(10)14/h2-4H,5-6H2,1H3,(H,15,17)(H,16,18). The first kappa shape index (κ1) is 12.5. The number of hydrogen-bond acceptors (Lipinski definition) is 2. The van der Waals surface area contributed by atoms with E-state index >= 15 is 0 Å².